The van der Waals surface area contributed by atoms with Crippen LogP contribution in [0.1, 0.15) is 54.9 Å². The van der Waals surface area contributed by atoms with Crippen molar-refractivity contribution in [3.8, 4) is 0 Å². The summed E-state index contributed by atoms with van der Waals surface area (Å²) >= 11 is 0. The molecule has 1 aromatic carbocycles. The zero-order valence-electron chi connectivity index (χ0n) is 14.7. The number of hydrogen-bond acceptors (Lipinski definition) is 3. The Morgan fingerprint density at radius 1 is 1.16 bits per heavy atom. The molecule has 1 saturated carbocycles. The lowest BCUT2D eigenvalue weighted by Gasteiger charge is -2.25. The van der Waals surface area contributed by atoms with Crippen molar-refractivity contribution in [3.05, 3.63) is 53.9 Å². The molecule has 1 amide bonds. The summed E-state index contributed by atoms with van der Waals surface area (Å²) < 4.78 is 0. The second-order valence-electron chi connectivity index (χ2n) is 7.30. The van der Waals surface area contributed by atoms with E-state index in [-0.39, 0.29) is 11.9 Å². The number of rotatable bonds is 3. The number of pyridine rings is 1. The third-order valence-electron chi connectivity index (χ3n) is 5.39. The molecule has 2 aromatic rings. The van der Waals surface area contributed by atoms with Gasteiger partial charge in [-0.2, -0.15) is 0 Å². The average molecular weight is 335 g/mol. The van der Waals surface area contributed by atoms with Crippen LogP contribution in [-0.4, -0.2) is 23.0 Å². The molecule has 4 rings (SSSR count). The minimum absolute atomic E-state index is 0.0391. The fourth-order valence-corrected chi connectivity index (χ4v) is 4.13. The molecule has 0 spiro atoms. The van der Waals surface area contributed by atoms with Crippen LogP contribution in [0.3, 0.4) is 0 Å². The third kappa shape index (κ3) is 3.26. The zero-order chi connectivity index (χ0) is 17.2. The monoisotopic (exact) mass is 335 g/mol. The van der Waals surface area contributed by atoms with Gasteiger partial charge in [-0.05, 0) is 43.9 Å². The molecule has 25 heavy (non-hydrogen) atoms. The van der Waals surface area contributed by atoms with E-state index in [9.17, 15) is 4.79 Å². The molecule has 130 valence electrons. The molecule has 4 heteroatoms. The molecule has 1 fully saturated rings. The van der Waals surface area contributed by atoms with Gasteiger partial charge in [-0.3, -0.25) is 9.78 Å². The Morgan fingerprint density at radius 2 is 1.96 bits per heavy atom. The number of nitrogens with zero attached hydrogens (tertiary/aromatic N) is 2. The zero-order valence-corrected chi connectivity index (χ0v) is 14.7. The standard InChI is InChI=1S/C21H25N3O/c1-15-11-16-7-5-6-10-20(16)24(15)21(25)17-12-19(14-22-13-17)23-18-8-3-2-4-9-18/h5-7,10,12-15,18,23H,2-4,8-9,11H2,1H3. The van der Waals surface area contributed by atoms with E-state index in [0.717, 1.165) is 17.8 Å². The molecular weight excluding hydrogens is 310 g/mol. The van der Waals surface area contributed by atoms with Gasteiger partial charge in [0, 0.05) is 30.2 Å². The topological polar surface area (TPSA) is 45.2 Å². The Morgan fingerprint density at radius 3 is 2.80 bits per heavy atom. The van der Waals surface area contributed by atoms with E-state index in [2.05, 4.69) is 23.3 Å². The molecule has 0 saturated heterocycles. The molecular formula is C21H25N3O. The number of anilines is 2. The fraction of sp³-hybridized carbons (Fsp3) is 0.429. The Kier molecular flexibility index (Phi) is 4.43. The maximum Gasteiger partial charge on any atom is 0.260 e. The first-order valence-corrected chi connectivity index (χ1v) is 9.35. The molecule has 2 heterocycles. The molecule has 0 radical (unpaired) electrons. The summed E-state index contributed by atoms with van der Waals surface area (Å²) in [6, 6.07) is 10.8. The number of benzene rings is 1. The summed E-state index contributed by atoms with van der Waals surface area (Å²) in [7, 11) is 0. The Labute approximate surface area is 149 Å². The highest BCUT2D eigenvalue weighted by Crippen LogP contribution is 2.33. The number of amides is 1. The smallest absolute Gasteiger partial charge is 0.260 e. The van der Waals surface area contributed by atoms with Crippen molar-refractivity contribution in [2.75, 3.05) is 10.2 Å². The summed E-state index contributed by atoms with van der Waals surface area (Å²) in [5.74, 6) is 0.0391. The minimum atomic E-state index is 0.0391. The van der Waals surface area contributed by atoms with Crippen LogP contribution in [0.15, 0.2) is 42.7 Å². The fourth-order valence-electron chi connectivity index (χ4n) is 4.13. The number of hydrogen-bond donors (Lipinski definition) is 1. The highest BCUT2D eigenvalue weighted by atomic mass is 16.2. The van der Waals surface area contributed by atoms with Gasteiger partial charge in [-0.15, -0.1) is 0 Å². The van der Waals surface area contributed by atoms with Crippen molar-refractivity contribution in [2.24, 2.45) is 0 Å². The molecule has 2 aliphatic rings. The second-order valence-corrected chi connectivity index (χ2v) is 7.30. The van der Waals surface area contributed by atoms with Crippen molar-refractivity contribution in [2.45, 2.75) is 57.5 Å². The predicted octanol–water partition coefficient (Wildman–Crippen LogP) is 4.42. The predicted molar refractivity (Wildman–Crippen MR) is 101 cm³/mol. The number of carbonyl (C=O) groups is 1. The number of aromatic nitrogens is 1. The molecule has 1 aliphatic heterocycles. The van der Waals surface area contributed by atoms with Crippen LogP contribution in [0.25, 0.3) is 0 Å². The SMILES string of the molecule is CC1Cc2ccccc2N1C(=O)c1cncc(NC2CCCCC2)c1. The van der Waals surface area contributed by atoms with Crippen molar-refractivity contribution in [3.63, 3.8) is 0 Å². The van der Waals surface area contributed by atoms with Crippen LogP contribution >= 0.6 is 0 Å². The van der Waals surface area contributed by atoms with Gasteiger partial charge in [-0.25, -0.2) is 0 Å². The van der Waals surface area contributed by atoms with E-state index >= 15 is 0 Å². The van der Waals surface area contributed by atoms with Gasteiger partial charge in [-0.1, -0.05) is 37.5 Å². The van der Waals surface area contributed by atoms with Crippen molar-refractivity contribution >= 4 is 17.3 Å². The van der Waals surface area contributed by atoms with Crippen LogP contribution in [0, 0.1) is 0 Å². The van der Waals surface area contributed by atoms with Crippen LogP contribution < -0.4 is 10.2 Å². The molecule has 1 atom stereocenters. The van der Waals surface area contributed by atoms with Crippen molar-refractivity contribution < 1.29 is 4.79 Å². The Balaban J connectivity index is 1.55. The van der Waals surface area contributed by atoms with E-state index in [4.69, 9.17) is 0 Å². The minimum Gasteiger partial charge on any atom is -0.381 e. The molecule has 1 aliphatic carbocycles. The largest absolute Gasteiger partial charge is 0.381 e. The van der Waals surface area contributed by atoms with E-state index in [0.29, 0.717) is 11.6 Å². The number of carbonyl (C=O) groups excluding carboxylic acids is 1. The highest BCUT2D eigenvalue weighted by Gasteiger charge is 2.31. The summed E-state index contributed by atoms with van der Waals surface area (Å²) in [6.07, 6.45) is 10.7. The lowest BCUT2D eigenvalue weighted by atomic mass is 9.95. The summed E-state index contributed by atoms with van der Waals surface area (Å²) in [5, 5.41) is 3.56. The Hall–Kier alpha value is -2.36. The normalized spacial score (nSPS) is 20.4. The number of nitrogens with one attached hydrogen (secondary N) is 1. The molecule has 1 aromatic heterocycles. The lowest BCUT2D eigenvalue weighted by molar-refractivity contribution is 0.0981. The first-order valence-electron chi connectivity index (χ1n) is 9.35. The molecule has 4 nitrogen and oxygen atoms in total. The molecule has 0 bridgehead atoms. The van der Waals surface area contributed by atoms with Crippen LogP contribution in [-0.2, 0) is 6.42 Å². The van der Waals surface area contributed by atoms with Gasteiger partial charge in [0.25, 0.3) is 5.91 Å². The van der Waals surface area contributed by atoms with Crippen LogP contribution in [0.2, 0.25) is 0 Å². The first-order chi connectivity index (χ1) is 12.2. The van der Waals surface area contributed by atoms with Gasteiger partial charge in [0.05, 0.1) is 11.3 Å². The van der Waals surface area contributed by atoms with Crippen molar-refractivity contribution in [1.29, 1.82) is 0 Å². The van der Waals surface area contributed by atoms with Gasteiger partial charge in [0.15, 0.2) is 0 Å². The van der Waals surface area contributed by atoms with E-state index < -0.39 is 0 Å². The maximum atomic E-state index is 13.1. The van der Waals surface area contributed by atoms with Crippen LogP contribution in [0.5, 0.6) is 0 Å². The number of para-hydroxylation sites is 1. The average Bonchev–Trinajstić information content (AvgIpc) is 2.98. The van der Waals surface area contributed by atoms with E-state index in [1.54, 1.807) is 6.20 Å². The maximum absolute atomic E-state index is 13.1. The lowest BCUT2D eigenvalue weighted by Crippen LogP contribution is -2.35. The number of fused-ring (bicyclic) bond motifs is 1. The second kappa shape index (κ2) is 6.87. The van der Waals surface area contributed by atoms with Gasteiger partial charge >= 0.3 is 0 Å². The summed E-state index contributed by atoms with van der Waals surface area (Å²) in [6.45, 7) is 2.11. The third-order valence-corrected chi connectivity index (χ3v) is 5.39. The highest BCUT2D eigenvalue weighted by molar-refractivity contribution is 6.08. The van der Waals surface area contributed by atoms with Crippen LogP contribution in [0.4, 0.5) is 11.4 Å². The first kappa shape index (κ1) is 16.1. The Bertz CT molecular complexity index is 767. The quantitative estimate of drug-likeness (QED) is 0.903. The van der Waals surface area contributed by atoms with Crippen molar-refractivity contribution in [1.82, 2.24) is 4.98 Å². The van der Waals surface area contributed by atoms with Gasteiger partial charge in [0.1, 0.15) is 0 Å². The molecule has 1 N–H and O–H groups in total. The summed E-state index contributed by atoms with van der Waals surface area (Å²) in [5.41, 5.74) is 3.89. The summed E-state index contributed by atoms with van der Waals surface area (Å²) in [4.78, 5) is 19.3. The van der Waals surface area contributed by atoms with E-state index in [1.165, 1.54) is 37.7 Å². The van der Waals surface area contributed by atoms with Gasteiger partial charge in [0.2, 0.25) is 0 Å². The molecule has 1 unspecified atom stereocenters. The van der Waals surface area contributed by atoms with E-state index in [1.807, 2.05) is 35.4 Å². The van der Waals surface area contributed by atoms with Gasteiger partial charge < -0.3 is 10.2 Å².